The Balaban J connectivity index is 1.45. The lowest BCUT2D eigenvalue weighted by atomic mass is 10.1. The van der Waals surface area contributed by atoms with Crippen molar-refractivity contribution in [3.8, 4) is 23.0 Å². The van der Waals surface area contributed by atoms with Gasteiger partial charge in [0.1, 0.15) is 36.2 Å². The van der Waals surface area contributed by atoms with Crippen LogP contribution in [0, 0.1) is 0 Å². The van der Waals surface area contributed by atoms with Crippen LogP contribution in [0.5, 0.6) is 23.0 Å². The number of rotatable bonds is 5. The van der Waals surface area contributed by atoms with Crippen molar-refractivity contribution in [1.82, 2.24) is 0 Å². The minimum atomic E-state index is 0.236. The number of ether oxygens (including phenoxy) is 2. The van der Waals surface area contributed by atoms with Crippen LogP contribution in [0.1, 0.15) is 0 Å². The highest BCUT2D eigenvalue weighted by Gasteiger charge is 2.05. The molecule has 4 rings (SSSR count). The molecule has 0 heterocycles. The first-order valence-electron chi connectivity index (χ1n) is 8.40. The zero-order valence-corrected chi connectivity index (χ0v) is 14.1. The second kappa shape index (κ2) is 6.84. The zero-order valence-electron chi connectivity index (χ0n) is 14.1. The van der Waals surface area contributed by atoms with Crippen molar-refractivity contribution in [3.63, 3.8) is 0 Å². The molecule has 4 aromatic carbocycles. The molecule has 0 aliphatic rings. The van der Waals surface area contributed by atoms with Gasteiger partial charge in [0, 0.05) is 10.8 Å². The number of aromatic hydroxyl groups is 2. The third kappa shape index (κ3) is 3.22. The Bertz CT molecular complexity index is 985. The van der Waals surface area contributed by atoms with Crippen LogP contribution in [0.25, 0.3) is 21.5 Å². The lowest BCUT2D eigenvalue weighted by molar-refractivity contribution is 0.220. The Kier molecular flexibility index (Phi) is 4.23. The first kappa shape index (κ1) is 16.1. The van der Waals surface area contributed by atoms with Crippen LogP contribution in [0.3, 0.4) is 0 Å². The first-order valence-corrected chi connectivity index (χ1v) is 8.40. The molecule has 0 bridgehead atoms. The van der Waals surface area contributed by atoms with Gasteiger partial charge in [-0.2, -0.15) is 0 Å². The maximum atomic E-state index is 9.59. The summed E-state index contributed by atoms with van der Waals surface area (Å²) in [7, 11) is 0. The van der Waals surface area contributed by atoms with Crippen molar-refractivity contribution in [3.05, 3.63) is 72.8 Å². The molecule has 0 atom stereocenters. The van der Waals surface area contributed by atoms with E-state index in [0.29, 0.717) is 13.2 Å². The highest BCUT2D eigenvalue weighted by Crippen LogP contribution is 2.29. The van der Waals surface area contributed by atoms with Crippen LogP contribution in [-0.4, -0.2) is 23.4 Å². The molecule has 0 spiro atoms. The first-order chi connectivity index (χ1) is 12.7. The Morgan fingerprint density at radius 2 is 1.04 bits per heavy atom. The van der Waals surface area contributed by atoms with E-state index in [1.165, 1.54) is 0 Å². The van der Waals surface area contributed by atoms with E-state index in [0.717, 1.165) is 33.0 Å². The van der Waals surface area contributed by atoms with Crippen LogP contribution >= 0.6 is 0 Å². The van der Waals surface area contributed by atoms with Gasteiger partial charge in [-0.05, 0) is 59.3 Å². The number of fused-ring (bicyclic) bond motifs is 2. The third-order valence-corrected chi connectivity index (χ3v) is 4.25. The summed E-state index contributed by atoms with van der Waals surface area (Å²) in [5.74, 6) is 1.99. The highest BCUT2D eigenvalue weighted by atomic mass is 16.5. The second-order valence-corrected chi connectivity index (χ2v) is 6.02. The molecule has 2 N–H and O–H groups in total. The lowest BCUT2D eigenvalue weighted by Gasteiger charge is -2.12. The van der Waals surface area contributed by atoms with Crippen molar-refractivity contribution in [2.75, 3.05) is 13.2 Å². The molecular formula is C22H18O4. The van der Waals surface area contributed by atoms with E-state index < -0.39 is 0 Å². The van der Waals surface area contributed by atoms with E-state index >= 15 is 0 Å². The van der Waals surface area contributed by atoms with Gasteiger partial charge >= 0.3 is 0 Å². The van der Waals surface area contributed by atoms with Gasteiger partial charge in [0.15, 0.2) is 0 Å². The second-order valence-electron chi connectivity index (χ2n) is 6.02. The molecule has 4 nitrogen and oxygen atoms in total. The molecule has 4 aromatic rings. The monoisotopic (exact) mass is 346 g/mol. The number of benzene rings is 4. The Morgan fingerprint density at radius 1 is 0.577 bits per heavy atom. The zero-order chi connectivity index (χ0) is 17.9. The molecule has 0 saturated heterocycles. The number of phenols is 2. The normalized spacial score (nSPS) is 10.9. The summed E-state index contributed by atoms with van der Waals surface area (Å²) in [6.07, 6.45) is 0. The minimum absolute atomic E-state index is 0.236. The van der Waals surface area contributed by atoms with Gasteiger partial charge in [-0.1, -0.05) is 24.3 Å². The molecule has 0 saturated carbocycles. The van der Waals surface area contributed by atoms with Crippen LogP contribution in [0.2, 0.25) is 0 Å². The molecule has 0 unspecified atom stereocenters. The van der Waals surface area contributed by atoms with Gasteiger partial charge in [0.25, 0.3) is 0 Å². The Morgan fingerprint density at radius 3 is 1.50 bits per heavy atom. The van der Waals surface area contributed by atoms with E-state index in [4.69, 9.17) is 9.47 Å². The molecule has 0 amide bonds. The summed E-state index contributed by atoms with van der Waals surface area (Å²) in [6, 6.07) is 21.9. The summed E-state index contributed by atoms with van der Waals surface area (Å²) in [6.45, 7) is 0.795. The van der Waals surface area contributed by atoms with Gasteiger partial charge in [-0.3, -0.25) is 0 Å². The average Bonchev–Trinajstić information content (AvgIpc) is 2.64. The van der Waals surface area contributed by atoms with Crippen molar-refractivity contribution in [2.24, 2.45) is 0 Å². The molecule has 0 aromatic heterocycles. The summed E-state index contributed by atoms with van der Waals surface area (Å²) in [4.78, 5) is 0. The van der Waals surface area contributed by atoms with Gasteiger partial charge in [0.05, 0.1) is 0 Å². The predicted molar refractivity (Wildman–Crippen MR) is 102 cm³/mol. The Labute approximate surface area is 150 Å². The molecule has 0 aliphatic carbocycles. The molecule has 0 aliphatic heterocycles. The molecular weight excluding hydrogens is 328 g/mol. The van der Waals surface area contributed by atoms with Gasteiger partial charge < -0.3 is 19.7 Å². The fraction of sp³-hybridized carbons (Fsp3) is 0.0909. The molecule has 130 valence electrons. The third-order valence-electron chi connectivity index (χ3n) is 4.25. The fourth-order valence-corrected chi connectivity index (χ4v) is 3.04. The van der Waals surface area contributed by atoms with Gasteiger partial charge in [-0.15, -0.1) is 0 Å². The average molecular weight is 346 g/mol. The van der Waals surface area contributed by atoms with Gasteiger partial charge in [0.2, 0.25) is 0 Å². The van der Waals surface area contributed by atoms with E-state index in [-0.39, 0.29) is 11.5 Å². The quantitative estimate of drug-likeness (QED) is 0.507. The summed E-state index contributed by atoms with van der Waals surface area (Å²) < 4.78 is 11.7. The number of phenolic OH excluding ortho intramolecular Hbond substituents is 2. The SMILES string of the molecule is Oc1ccc2c(OCCOc3cccc4cc(O)ccc34)cccc2c1. The molecule has 4 heteroatoms. The van der Waals surface area contributed by atoms with E-state index in [2.05, 4.69) is 0 Å². The number of hydrogen-bond donors (Lipinski definition) is 2. The molecule has 26 heavy (non-hydrogen) atoms. The van der Waals surface area contributed by atoms with E-state index in [1.807, 2.05) is 48.5 Å². The topological polar surface area (TPSA) is 58.9 Å². The molecule has 0 fully saturated rings. The van der Waals surface area contributed by atoms with Crippen LogP contribution in [0.15, 0.2) is 72.8 Å². The standard InChI is InChI=1S/C22H18O4/c23-17-7-9-19-15(13-17)3-1-5-21(19)25-11-12-26-22-6-2-4-16-14-18(24)8-10-20(16)22/h1-10,13-14,23-24H,11-12H2. The summed E-state index contributed by atoms with van der Waals surface area (Å²) in [5, 5.41) is 22.9. The minimum Gasteiger partial charge on any atom is -0.508 e. The van der Waals surface area contributed by atoms with Gasteiger partial charge in [-0.25, -0.2) is 0 Å². The van der Waals surface area contributed by atoms with Crippen molar-refractivity contribution in [2.45, 2.75) is 0 Å². The predicted octanol–water partition coefficient (Wildman–Crippen LogP) is 4.86. The maximum absolute atomic E-state index is 9.59. The highest BCUT2D eigenvalue weighted by molar-refractivity contribution is 5.90. The Hall–Kier alpha value is -3.40. The summed E-state index contributed by atoms with van der Waals surface area (Å²) >= 11 is 0. The van der Waals surface area contributed by atoms with Crippen molar-refractivity contribution in [1.29, 1.82) is 0 Å². The largest absolute Gasteiger partial charge is 0.508 e. The maximum Gasteiger partial charge on any atom is 0.127 e. The smallest absolute Gasteiger partial charge is 0.127 e. The van der Waals surface area contributed by atoms with Crippen molar-refractivity contribution < 1.29 is 19.7 Å². The lowest BCUT2D eigenvalue weighted by Crippen LogP contribution is -2.09. The van der Waals surface area contributed by atoms with E-state index in [1.54, 1.807) is 24.3 Å². The van der Waals surface area contributed by atoms with Crippen LogP contribution < -0.4 is 9.47 Å². The van der Waals surface area contributed by atoms with Crippen molar-refractivity contribution >= 4 is 21.5 Å². The number of hydrogen-bond acceptors (Lipinski definition) is 4. The van der Waals surface area contributed by atoms with Crippen LogP contribution in [-0.2, 0) is 0 Å². The molecule has 0 radical (unpaired) electrons. The summed E-state index contributed by atoms with van der Waals surface area (Å²) in [5.41, 5.74) is 0. The fourth-order valence-electron chi connectivity index (χ4n) is 3.04. The van der Waals surface area contributed by atoms with Crippen LogP contribution in [0.4, 0.5) is 0 Å². The van der Waals surface area contributed by atoms with E-state index in [9.17, 15) is 10.2 Å².